The number of nitrogens with one attached hydrogen (secondary N) is 2. The van der Waals surface area contributed by atoms with E-state index in [4.69, 9.17) is 14.6 Å². The molecule has 1 aromatic heterocycles. The van der Waals surface area contributed by atoms with Gasteiger partial charge in [-0.1, -0.05) is 12.0 Å². The molecule has 1 aliphatic carbocycles. The highest BCUT2D eigenvalue weighted by Crippen LogP contribution is 2.33. The molecule has 244 valence electrons. The van der Waals surface area contributed by atoms with Crippen LogP contribution in [-0.2, 0) is 21.3 Å². The first kappa shape index (κ1) is 32.9. The number of rotatable bonds is 9. The number of primary sulfonamides is 1. The lowest BCUT2D eigenvalue weighted by Gasteiger charge is -2.41. The van der Waals surface area contributed by atoms with Crippen molar-refractivity contribution < 1.29 is 31.1 Å². The van der Waals surface area contributed by atoms with Gasteiger partial charge in [0.15, 0.2) is 0 Å². The molecule has 2 aliphatic rings. The molecule has 0 bridgehead atoms. The number of ether oxygens (including phenoxy) is 2. The molecule has 13 heteroatoms. The quantitative estimate of drug-likeness (QED) is 0.276. The first-order valence-electron chi connectivity index (χ1n) is 15.1. The molecule has 1 saturated carbocycles. The molecule has 0 amide bonds. The number of sulfonamides is 1. The van der Waals surface area contributed by atoms with Crippen molar-refractivity contribution >= 4 is 32.3 Å². The second kappa shape index (κ2) is 13.9. The van der Waals surface area contributed by atoms with E-state index in [1.54, 1.807) is 25.3 Å². The Labute approximate surface area is 262 Å². The average Bonchev–Trinajstić information content (AvgIpc) is 3.35. The molecular weight excluding hydrogens is 607 g/mol. The third-order valence-electron chi connectivity index (χ3n) is 8.68. The second-order valence-corrected chi connectivity index (χ2v) is 13.2. The van der Waals surface area contributed by atoms with Gasteiger partial charge in [0.1, 0.15) is 12.3 Å². The lowest BCUT2D eigenvalue weighted by atomic mass is 9.88. The van der Waals surface area contributed by atoms with E-state index in [2.05, 4.69) is 27.4 Å². The second-order valence-electron chi connectivity index (χ2n) is 11.7. The molecule has 1 atom stereocenters. The van der Waals surface area contributed by atoms with E-state index in [0.29, 0.717) is 28.7 Å². The van der Waals surface area contributed by atoms with E-state index in [-0.39, 0.29) is 28.9 Å². The summed E-state index contributed by atoms with van der Waals surface area (Å²) in [7, 11) is -0.743. The molecule has 2 fully saturated rings. The summed E-state index contributed by atoms with van der Waals surface area (Å²) in [6, 6.07) is 12.0. The molecule has 4 N–H and O–H groups in total. The average molecular weight is 648 g/mol. The zero-order chi connectivity index (χ0) is 32.2. The van der Waals surface area contributed by atoms with Crippen molar-refractivity contribution in [2.75, 3.05) is 44.5 Å². The maximum atomic E-state index is 13.7. The zero-order valence-corrected chi connectivity index (χ0v) is 26.3. The van der Waals surface area contributed by atoms with Crippen LogP contribution in [0.15, 0.2) is 47.4 Å². The summed E-state index contributed by atoms with van der Waals surface area (Å²) in [5.41, 5.74) is 1.98. The van der Waals surface area contributed by atoms with E-state index in [0.717, 1.165) is 57.3 Å². The standard InChI is InChI=1S/C32H40F3N5O4S/c1-43-25-7-5-17-39(20-25)23-12-10-22(11-13-23)38-28-8-3-9-30-27(28)18-24(40(30)21-32(33,34)35)6-4-16-37-29-15-14-26(45(36,41)42)19-31(29)44-2/h3,8-9,14-15,18-19,22-23,25,37-38H,5,7,10-13,16-17,20-21H2,1-2H3,(H2,36,41,42)/t22-,23+,25?. The third-order valence-corrected chi connectivity index (χ3v) is 9.59. The number of likely N-dealkylation sites (tertiary alicyclic amines) is 1. The Morgan fingerprint density at radius 3 is 2.51 bits per heavy atom. The van der Waals surface area contributed by atoms with Crippen molar-refractivity contribution in [2.45, 2.75) is 74.3 Å². The summed E-state index contributed by atoms with van der Waals surface area (Å²) >= 11 is 0. The predicted octanol–water partition coefficient (Wildman–Crippen LogP) is 5.16. The number of fused-ring (bicyclic) bond motifs is 1. The van der Waals surface area contributed by atoms with E-state index < -0.39 is 22.7 Å². The highest BCUT2D eigenvalue weighted by molar-refractivity contribution is 7.89. The molecule has 5 rings (SSSR count). The fraction of sp³-hybridized carbons (Fsp3) is 0.500. The number of anilines is 2. The van der Waals surface area contributed by atoms with E-state index in [1.165, 1.54) is 29.9 Å². The summed E-state index contributed by atoms with van der Waals surface area (Å²) < 4.78 is 76.4. The third kappa shape index (κ3) is 8.24. The minimum atomic E-state index is -4.43. The molecular formula is C32H40F3N5O4S. The molecule has 2 heterocycles. The number of halogens is 3. The van der Waals surface area contributed by atoms with Crippen LogP contribution in [0.5, 0.6) is 5.75 Å². The minimum absolute atomic E-state index is 0.0785. The number of nitrogens with zero attached hydrogens (tertiary/aromatic N) is 2. The van der Waals surface area contributed by atoms with Crippen molar-refractivity contribution in [2.24, 2.45) is 5.14 Å². The van der Waals surface area contributed by atoms with Gasteiger partial charge in [0.25, 0.3) is 0 Å². The monoisotopic (exact) mass is 647 g/mol. The van der Waals surface area contributed by atoms with Crippen LogP contribution in [0, 0.1) is 11.8 Å². The predicted molar refractivity (Wildman–Crippen MR) is 169 cm³/mol. The van der Waals surface area contributed by atoms with Crippen LogP contribution in [0.25, 0.3) is 10.9 Å². The van der Waals surface area contributed by atoms with Crippen molar-refractivity contribution in [3.8, 4) is 17.6 Å². The maximum absolute atomic E-state index is 13.7. The number of hydrogen-bond donors (Lipinski definition) is 3. The Bertz CT molecular complexity index is 1660. The number of aromatic nitrogens is 1. The zero-order valence-electron chi connectivity index (χ0n) is 25.5. The Morgan fingerprint density at radius 1 is 1.04 bits per heavy atom. The van der Waals surface area contributed by atoms with Gasteiger partial charge < -0.3 is 24.7 Å². The lowest BCUT2D eigenvalue weighted by molar-refractivity contribution is -0.140. The van der Waals surface area contributed by atoms with E-state index in [1.807, 2.05) is 6.07 Å². The number of methoxy groups -OCH3 is 2. The van der Waals surface area contributed by atoms with Crippen LogP contribution in [0.4, 0.5) is 24.5 Å². The fourth-order valence-electron chi connectivity index (χ4n) is 6.43. The normalized spacial score (nSPS) is 21.2. The van der Waals surface area contributed by atoms with Crippen molar-refractivity contribution in [3.63, 3.8) is 0 Å². The van der Waals surface area contributed by atoms with Crippen LogP contribution < -0.4 is 20.5 Å². The summed E-state index contributed by atoms with van der Waals surface area (Å²) in [6.45, 7) is 0.994. The fourth-order valence-corrected chi connectivity index (χ4v) is 6.96. The Kier molecular flexibility index (Phi) is 10.2. The van der Waals surface area contributed by atoms with Crippen molar-refractivity contribution in [1.82, 2.24) is 9.47 Å². The van der Waals surface area contributed by atoms with Gasteiger partial charge in [-0.15, -0.1) is 0 Å². The smallest absolute Gasteiger partial charge is 0.406 e. The van der Waals surface area contributed by atoms with Crippen LogP contribution in [-0.4, -0.2) is 76.1 Å². The van der Waals surface area contributed by atoms with Gasteiger partial charge in [-0.2, -0.15) is 13.2 Å². The van der Waals surface area contributed by atoms with Gasteiger partial charge in [-0.05, 0) is 81.3 Å². The Morgan fingerprint density at radius 2 is 1.82 bits per heavy atom. The molecule has 0 spiro atoms. The molecule has 45 heavy (non-hydrogen) atoms. The van der Waals surface area contributed by atoms with Crippen molar-refractivity contribution in [1.29, 1.82) is 0 Å². The van der Waals surface area contributed by atoms with Crippen LogP contribution in [0.3, 0.4) is 0 Å². The van der Waals surface area contributed by atoms with Gasteiger partial charge in [0.2, 0.25) is 10.0 Å². The summed E-state index contributed by atoms with van der Waals surface area (Å²) in [5.74, 6) is 6.04. The summed E-state index contributed by atoms with van der Waals surface area (Å²) in [5, 5.41) is 12.5. The summed E-state index contributed by atoms with van der Waals surface area (Å²) in [6.07, 6.45) is 2.23. The van der Waals surface area contributed by atoms with Crippen LogP contribution in [0.2, 0.25) is 0 Å². The van der Waals surface area contributed by atoms with Crippen LogP contribution >= 0.6 is 0 Å². The van der Waals surface area contributed by atoms with Crippen molar-refractivity contribution in [3.05, 3.63) is 48.2 Å². The van der Waals surface area contributed by atoms with E-state index in [9.17, 15) is 21.6 Å². The topological polar surface area (TPSA) is 111 Å². The molecule has 0 radical (unpaired) electrons. The molecule has 1 aliphatic heterocycles. The lowest BCUT2D eigenvalue weighted by Crippen LogP contribution is -2.47. The molecule has 2 aromatic carbocycles. The number of nitrogens with two attached hydrogens (primary N) is 1. The number of benzene rings is 2. The van der Waals surface area contributed by atoms with Gasteiger partial charge in [0.05, 0.1) is 41.6 Å². The van der Waals surface area contributed by atoms with Crippen LogP contribution in [0.1, 0.15) is 44.2 Å². The summed E-state index contributed by atoms with van der Waals surface area (Å²) in [4.78, 5) is 2.45. The highest BCUT2D eigenvalue weighted by atomic mass is 32.2. The van der Waals surface area contributed by atoms with E-state index >= 15 is 0 Å². The number of alkyl halides is 3. The number of hydrogen-bond acceptors (Lipinski definition) is 7. The molecule has 3 aromatic rings. The molecule has 9 nitrogen and oxygen atoms in total. The highest BCUT2D eigenvalue weighted by Gasteiger charge is 2.31. The number of piperidine rings is 1. The van der Waals surface area contributed by atoms with Gasteiger partial charge in [-0.3, -0.25) is 4.90 Å². The first-order valence-corrected chi connectivity index (χ1v) is 16.7. The Hall–Kier alpha value is -3.44. The van der Waals surface area contributed by atoms with Gasteiger partial charge in [-0.25, -0.2) is 13.6 Å². The molecule has 1 saturated heterocycles. The van der Waals surface area contributed by atoms with Gasteiger partial charge in [0, 0.05) is 42.9 Å². The van der Waals surface area contributed by atoms with Gasteiger partial charge >= 0.3 is 6.18 Å². The Balaban J connectivity index is 1.31. The largest absolute Gasteiger partial charge is 0.495 e. The SMILES string of the molecule is COc1cc(S(N)(=O)=O)ccc1NCC#Cc1cc2c(N[C@H]3CC[C@@H](N4CCCC(OC)C4)CC3)cccc2n1CC(F)(F)F. The minimum Gasteiger partial charge on any atom is -0.495 e. The molecule has 1 unspecified atom stereocenters. The maximum Gasteiger partial charge on any atom is 0.406 e. The first-order chi connectivity index (χ1) is 21.4.